The molecule has 124 valence electrons. The van der Waals surface area contributed by atoms with E-state index >= 15 is 0 Å². The van der Waals surface area contributed by atoms with Gasteiger partial charge in [0.05, 0.1) is 16.9 Å². The van der Waals surface area contributed by atoms with Gasteiger partial charge in [0.15, 0.2) is 5.57 Å². The molecule has 1 aromatic heterocycles. The van der Waals surface area contributed by atoms with Crippen LogP contribution in [-0.4, -0.2) is 33.9 Å². The molecular weight excluding hydrogens is 330 g/mol. The second kappa shape index (κ2) is 6.88. The number of nitrogens with one attached hydrogen (secondary N) is 1. The van der Waals surface area contributed by atoms with Gasteiger partial charge in [-0.3, -0.25) is 4.79 Å². The van der Waals surface area contributed by atoms with Crippen LogP contribution in [0.4, 0.5) is 0 Å². The Morgan fingerprint density at radius 3 is 2.71 bits per heavy atom. The number of rotatable bonds is 4. The van der Waals surface area contributed by atoms with E-state index in [1.54, 1.807) is 13.8 Å². The molecule has 1 aromatic carbocycles. The molecule has 24 heavy (non-hydrogen) atoms. The van der Waals surface area contributed by atoms with E-state index in [9.17, 15) is 9.59 Å². The van der Waals surface area contributed by atoms with Crippen molar-refractivity contribution in [3.8, 4) is 11.5 Å². The Balaban J connectivity index is 2.01. The first-order chi connectivity index (χ1) is 11.6. The lowest BCUT2D eigenvalue weighted by Crippen LogP contribution is -2.21. The number of nitrogens with zero attached hydrogens (tertiary/aromatic N) is 2. The molecule has 1 saturated heterocycles. The molecule has 2 aromatic rings. The molecule has 7 nitrogen and oxygen atoms in total. The molecule has 0 bridgehead atoms. The number of hydrogen-bond donors (Lipinski definition) is 1. The third-order valence-corrected chi connectivity index (χ3v) is 4.38. The summed E-state index contributed by atoms with van der Waals surface area (Å²) >= 11 is 1.23. The summed E-state index contributed by atoms with van der Waals surface area (Å²) in [5.41, 5.74) is 0.815. The zero-order valence-corrected chi connectivity index (χ0v) is 13.9. The Morgan fingerprint density at radius 2 is 2.08 bits per heavy atom. The molecule has 1 N–H and O–H groups in total. The molecule has 0 aliphatic carbocycles. The van der Waals surface area contributed by atoms with Crippen LogP contribution in [-0.2, 0) is 14.3 Å². The van der Waals surface area contributed by atoms with Crippen LogP contribution in [0.3, 0.4) is 0 Å². The fourth-order valence-corrected chi connectivity index (χ4v) is 3.06. The smallest absolute Gasteiger partial charge is 0.346 e. The summed E-state index contributed by atoms with van der Waals surface area (Å²) in [6.45, 7) is 3.65. The van der Waals surface area contributed by atoms with Gasteiger partial charge in [-0.2, -0.15) is 0 Å². The molecule has 1 aliphatic rings. The van der Waals surface area contributed by atoms with E-state index in [1.807, 2.05) is 30.3 Å². The Morgan fingerprint density at radius 1 is 1.33 bits per heavy atom. The van der Waals surface area contributed by atoms with E-state index in [4.69, 9.17) is 9.15 Å². The first-order valence-corrected chi connectivity index (χ1v) is 8.26. The molecule has 2 heterocycles. The molecule has 0 radical (unpaired) electrons. The Kier molecular flexibility index (Phi) is 4.66. The molecule has 1 atom stereocenters. The monoisotopic (exact) mass is 345 g/mol. The van der Waals surface area contributed by atoms with Crippen LogP contribution in [0.5, 0.6) is 0 Å². The van der Waals surface area contributed by atoms with Crippen molar-refractivity contribution < 1.29 is 18.7 Å². The third kappa shape index (κ3) is 3.18. The van der Waals surface area contributed by atoms with Crippen molar-refractivity contribution in [2.24, 2.45) is 0 Å². The molecule has 0 saturated carbocycles. The lowest BCUT2D eigenvalue weighted by Gasteiger charge is -2.06. The standard InChI is InChI=1S/C16H15N3O4S/c1-3-22-16(21)11(15-17-12(20)9(2)24-15)14-19-18-13(23-14)10-7-5-4-6-8-10/h4-9H,3H2,1-2H3,(H,17,20). The van der Waals surface area contributed by atoms with Gasteiger partial charge in [0.1, 0.15) is 0 Å². The summed E-state index contributed by atoms with van der Waals surface area (Å²) in [7, 11) is 0. The number of amides is 1. The van der Waals surface area contributed by atoms with Crippen molar-refractivity contribution in [3.63, 3.8) is 0 Å². The summed E-state index contributed by atoms with van der Waals surface area (Å²) in [6.07, 6.45) is 0. The molecule has 1 aliphatic heterocycles. The molecule has 1 fully saturated rings. The number of carbonyl (C=O) groups excluding carboxylic acids is 2. The fourth-order valence-electron chi connectivity index (χ4n) is 2.10. The van der Waals surface area contributed by atoms with Gasteiger partial charge in [0.2, 0.25) is 11.8 Å². The predicted molar refractivity (Wildman–Crippen MR) is 88.5 cm³/mol. The molecule has 1 amide bonds. The molecule has 1 unspecified atom stereocenters. The van der Waals surface area contributed by atoms with Crippen molar-refractivity contribution in [2.75, 3.05) is 6.61 Å². The SMILES string of the molecule is CCOC(=O)C(=C1NC(=O)C(C)S1)c1nnc(-c2ccccc2)o1. The summed E-state index contributed by atoms with van der Waals surface area (Å²) in [6, 6.07) is 9.21. The van der Waals surface area contributed by atoms with Gasteiger partial charge in [-0.25, -0.2) is 4.79 Å². The number of thioether (sulfide) groups is 1. The fraction of sp³-hybridized carbons (Fsp3) is 0.250. The molecule has 3 rings (SSSR count). The summed E-state index contributed by atoms with van der Waals surface area (Å²) < 4.78 is 10.7. The van der Waals surface area contributed by atoms with Gasteiger partial charge in [-0.05, 0) is 26.0 Å². The van der Waals surface area contributed by atoms with Crippen molar-refractivity contribution in [2.45, 2.75) is 19.1 Å². The number of carbonyl (C=O) groups is 2. The minimum atomic E-state index is -0.613. The zero-order valence-electron chi connectivity index (χ0n) is 13.1. The van der Waals surface area contributed by atoms with Crippen molar-refractivity contribution in [1.29, 1.82) is 0 Å². The maximum Gasteiger partial charge on any atom is 0.346 e. The first kappa shape index (κ1) is 16.3. The lowest BCUT2D eigenvalue weighted by atomic mass is 10.2. The average Bonchev–Trinajstić information content (AvgIpc) is 3.17. The second-order valence-electron chi connectivity index (χ2n) is 4.95. The molecule has 0 spiro atoms. The van der Waals surface area contributed by atoms with Crippen LogP contribution in [0.25, 0.3) is 17.0 Å². The van der Waals surface area contributed by atoms with Gasteiger partial charge in [0, 0.05) is 5.56 Å². The number of ether oxygens (including phenoxy) is 1. The van der Waals surface area contributed by atoms with Gasteiger partial charge < -0.3 is 14.5 Å². The third-order valence-electron chi connectivity index (χ3n) is 3.27. The highest BCUT2D eigenvalue weighted by atomic mass is 32.2. The second-order valence-corrected chi connectivity index (χ2v) is 6.30. The average molecular weight is 345 g/mol. The van der Waals surface area contributed by atoms with Crippen LogP contribution in [0.2, 0.25) is 0 Å². The van der Waals surface area contributed by atoms with E-state index in [2.05, 4.69) is 15.5 Å². The Labute approximate surface area is 142 Å². The van der Waals surface area contributed by atoms with E-state index < -0.39 is 5.97 Å². The first-order valence-electron chi connectivity index (χ1n) is 7.38. The van der Waals surface area contributed by atoms with Crippen LogP contribution in [0.15, 0.2) is 39.8 Å². The molecule has 8 heteroatoms. The van der Waals surface area contributed by atoms with Gasteiger partial charge in [-0.1, -0.05) is 30.0 Å². The minimum Gasteiger partial charge on any atom is -0.462 e. The van der Waals surface area contributed by atoms with E-state index in [-0.39, 0.29) is 35.1 Å². The number of esters is 1. The number of benzene rings is 1. The maximum atomic E-state index is 12.3. The normalized spacial score (nSPS) is 19.1. The number of aromatic nitrogens is 2. The van der Waals surface area contributed by atoms with Gasteiger partial charge >= 0.3 is 5.97 Å². The summed E-state index contributed by atoms with van der Waals surface area (Å²) in [4.78, 5) is 24.1. The Bertz CT molecular complexity index is 801. The van der Waals surface area contributed by atoms with Crippen LogP contribution in [0.1, 0.15) is 19.7 Å². The van der Waals surface area contributed by atoms with E-state index in [0.29, 0.717) is 5.03 Å². The van der Waals surface area contributed by atoms with Gasteiger partial charge in [-0.15, -0.1) is 10.2 Å². The number of hydrogen-bond acceptors (Lipinski definition) is 7. The van der Waals surface area contributed by atoms with Crippen molar-refractivity contribution >= 4 is 29.2 Å². The lowest BCUT2D eigenvalue weighted by molar-refractivity contribution is -0.136. The zero-order chi connectivity index (χ0) is 17.1. The predicted octanol–water partition coefficient (Wildman–Crippen LogP) is 2.22. The maximum absolute atomic E-state index is 12.3. The van der Waals surface area contributed by atoms with Crippen molar-refractivity contribution in [3.05, 3.63) is 41.3 Å². The summed E-state index contributed by atoms with van der Waals surface area (Å²) in [5.74, 6) is -0.489. The molecular formula is C16H15N3O4S. The highest BCUT2D eigenvalue weighted by Gasteiger charge is 2.33. The highest BCUT2D eigenvalue weighted by molar-refractivity contribution is 8.05. The summed E-state index contributed by atoms with van der Waals surface area (Å²) in [5, 5.41) is 10.7. The van der Waals surface area contributed by atoms with Crippen LogP contribution in [0, 0.1) is 0 Å². The van der Waals surface area contributed by atoms with Crippen LogP contribution >= 0.6 is 11.8 Å². The van der Waals surface area contributed by atoms with Crippen molar-refractivity contribution in [1.82, 2.24) is 15.5 Å². The van der Waals surface area contributed by atoms with Gasteiger partial charge in [0.25, 0.3) is 5.89 Å². The van der Waals surface area contributed by atoms with E-state index in [0.717, 1.165) is 5.56 Å². The highest BCUT2D eigenvalue weighted by Crippen LogP contribution is 2.34. The largest absolute Gasteiger partial charge is 0.462 e. The van der Waals surface area contributed by atoms with E-state index in [1.165, 1.54) is 11.8 Å². The van der Waals surface area contributed by atoms with Crippen LogP contribution < -0.4 is 5.32 Å². The Hall–Kier alpha value is -2.61. The topological polar surface area (TPSA) is 94.3 Å². The minimum absolute atomic E-state index is 0.0178. The quantitative estimate of drug-likeness (QED) is 0.670.